The minimum absolute atomic E-state index is 0.242. The molecule has 1 fully saturated rings. The molecule has 0 aromatic heterocycles. The van der Waals surface area contributed by atoms with Gasteiger partial charge in [0.2, 0.25) is 0 Å². The van der Waals surface area contributed by atoms with Gasteiger partial charge in [0, 0.05) is 10.6 Å². The first-order valence-corrected chi connectivity index (χ1v) is 7.33. The maximum Gasteiger partial charge on any atom is 0.325 e. The predicted molar refractivity (Wildman–Crippen MR) is 84.3 cm³/mol. The van der Waals surface area contributed by atoms with Crippen LogP contribution in [0.4, 0.5) is 4.79 Å². The molecule has 22 heavy (non-hydrogen) atoms. The molecule has 1 atom stereocenters. The molecule has 5 heteroatoms. The Morgan fingerprint density at radius 1 is 1.05 bits per heavy atom. The van der Waals surface area contributed by atoms with Crippen molar-refractivity contribution in [1.82, 2.24) is 10.2 Å². The first-order valence-electron chi connectivity index (χ1n) is 6.95. The summed E-state index contributed by atoms with van der Waals surface area (Å²) in [5.41, 5.74) is 0.365. The third-order valence-corrected chi connectivity index (χ3v) is 4.20. The molecule has 0 unspecified atom stereocenters. The first-order chi connectivity index (χ1) is 10.5. The number of hydrogen-bond acceptors (Lipinski definition) is 2. The Kier molecular flexibility index (Phi) is 3.62. The highest BCUT2D eigenvalue weighted by atomic mass is 35.5. The molecular formula is C17H15ClN2O2. The summed E-state index contributed by atoms with van der Waals surface area (Å²) in [6, 6.07) is 16.1. The van der Waals surface area contributed by atoms with Crippen molar-refractivity contribution < 1.29 is 9.59 Å². The topological polar surface area (TPSA) is 49.4 Å². The van der Waals surface area contributed by atoms with E-state index >= 15 is 0 Å². The average Bonchev–Trinajstić information content (AvgIpc) is 2.73. The van der Waals surface area contributed by atoms with E-state index in [4.69, 9.17) is 11.6 Å². The maximum atomic E-state index is 12.8. The number of hydrogen-bond donors (Lipinski definition) is 1. The number of carbonyl (C=O) groups is 2. The fraction of sp³-hybridized carbons (Fsp3) is 0.176. The molecule has 1 aliphatic rings. The Bertz CT molecular complexity index is 732. The average molecular weight is 315 g/mol. The highest BCUT2D eigenvalue weighted by Crippen LogP contribution is 2.33. The molecule has 0 bridgehead atoms. The van der Waals surface area contributed by atoms with E-state index in [0.717, 1.165) is 5.56 Å². The normalized spacial score (nSPS) is 21.1. The Morgan fingerprint density at radius 2 is 1.68 bits per heavy atom. The monoisotopic (exact) mass is 314 g/mol. The van der Waals surface area contributed by atoms with Crippen LogP contribution in [-0.2, 0) is 16.9 Å². The quantitative estimate of drug-likeness (QED) is 0.884. The van der Waals surface area contributed by atoms with E-state index < -0.39 is 11.6 Å². The minimum Gasteiger partial charge on any atom is -0.319 e. The predicted octanol–water partition coefficient (Wildman–Crippen LogP) is 3.31. The summed E-state index contributed by atoms with van der Waals surface area (Å²) in [6.07, 6.45) is 0. The van der Waals surface area contributed by atoms with Crippen LogP contribution in [-0.4, -0.2) is 16.8 Å². The zero-order chi connectivity index (χ0) is 15.7. The van der Waals surface area contributed by atoms with Gasteiger partial charge in [-0.15, -0.1) is 0 Å². The van der Waals surface area contributed by atoms with E-state index in [-0.39, 0.29) is 12.5 Å². The standard InChI is InChI=1S/C17H15ClN2O2/c1-17(13-9-5-6-10-14(13)18)15(21)20(16(22)19-17)11-12-7-3-2-4-8-12/h2-10H,11H2,1H3,(H,19,22)/t17-/m0/s1. The molecule has 0 radical (unpaired) electrons. The summed E-state index contributed by atoms with van der Waals surface area (Å²) >= 11 is 6.19. The Labute approximate surface area is 133 Å². The molecule has 0 saturated carbocycles. The van der Waals surface area contributed by atoms with Crippen LogP contribution < -0.4 is 5.32 Å². The van der Waals surface area contributed by atoms with E-state index in [1.54, 1.807) is 31.2 Å². The van der Waals surface area contributed by atoms with Gasteiger partial charge in [-0.05, 0) is 18.6 Å². The van der Waals surface area contributed by atoms with Crippen LogP contribution in [0, 0.1) is 0 Å². The third-order valence-electron chi connectivity index (χ3n) is 3.87. The molecule has 1 aliphatic heterocycles. The molecule has 3 rings (SSSR count). The third kappa shape index (κ3) is 2.35. The smallest absolute Gasteiger partial charge is 0.319 e. The van der Waals surface area contributed by atoms with Crippen molar-refractivity contribution >= 4 is 23.5 Å². The van der Waals surface area contributed by atoms with Crippen LogP contribution in [0.2, 0.25) is 5.02 Å². The highest BCUT2D eigenvalue weighted by Gasteiger charge is 2.49. The van der Waals surface area contributed by atoms with Crippen LogP contribution in [0.25, 0.3) is 0 Å². The second-order valence-electron chi connectivity index (χ2n) is 5.41. The summed E-state index contributed by atoms with van der Waals surface area (Å²) in [4.78, 5) is 26.2. The van der Waals surface area contributed by atoms with Gasteiger partial charge >= 0.3 is 6.03 Å². The molecule has 2 aromatic rings. The molecule has 1 N–H and O–H groups in total. The van der Waals surface area contributed by atoms with E-state index in [2.05, 4.69) is 5.32 Å². The summed E-state index contributed by atoms with van der Waals surface area (Å²) in [7, 11) is 0. The van der Waals surface area contributed by atoms with Crippen molar-refractivity contribution in [3.63, 3.8) is 0 Å². The molecule has 1 heterocycles. The maximum absolute atomic E-state index is 12.8. The van der Waals surface area contributed by atoms with Crippen LogP contribution in [0.1, 0.15) is 18.1 Å². The van der Waals surface area contributed by atoms with Gasteiger partial charge in [-0.2, -0.15) is 0 Å². The van der Waals surface area contributed by atoms with Gasteiger partial charge in [-0.3, -0.25) is 9.69 Å². The van der Waals surface area contributed by atoms with E-state index in [0.29, 0.717) is 10.6 Å². The van der Waals surface area contributed by atoms with Crippen molar-refractivity contribution in [2.45, 2.75) is 19.0 Å². The molecule has 1 saturated heterocycles. The Morgan fingerprint density at radius 3 is 2.36 bits per heavy atom. The minimum atomic E-state index is -1.13. The van der Waals surface area contributed by atoms with Gasteiger partial charge in [-0.1, -0.05) is 60.1 Å². The Balaban J connectivity index is 1.93. The van der Waals surface area contributed by atoms with Crippen molar-refractivity contribution in [3.8, 4) is 0 Å². The second kappa shape index (κ2) is 5.46. The van der Waals surface area contributed by atoms with Crippen LogP contribution >= 0.6 is 11.6 Å². The van der Waals surface area contributed by atoms with Gasteiger partial charge in [-0.25, -0.2) is 4.79 Å². The van der Waals surface area contributed by atoms with Crippen LogP contribution in [0.15, 0.2) is 54.6 Å². The van der Waals surface area contributed by atoms with Gasteiger partial charge in [0.05, 0.1) is 6.54 Å². The van der Waals surface area contributed by atoms with E-state index in [1.807, 2.05) is 30.3 Å². The molecule has 4 nitrogen and oxygen atoms in total. The van der Waals surface area contributed by atoms with Crippen molar-refractivity contribution in [2.75, 3.05) is 0 Å². The Hall–Kier alpha value is -2.33. The fourth-order valence-electron chi connectivity index (χ4n) is 2.66. The van der Waals surface area contributed by atoms with Crippen LogP contribution in [0.3, 0.4) is 0 Å². The largest absolute Gasteiger partial charge is 0.325 e. The number of rotatable bonds is 3. The van der Waals surface area contributed by atoms with Crippen molar-refractivity contribution in [2.24, 2.45) is 0 Å². The highest BCUT2D eigenvalue weighted by molar-refractivity contribution is 6.32. The summed E-state index contributed by atoms with van der Waals surface area (Å²) in [5, 5.41) is 3.22. The summed E-state index contributed by atoms with van der Waals surface area (Å²) < 4.78 is 0. The van der Waals surface area contributed by atoms with Crippen LogP contribution in [0.5, 0.6) is 0 Å². The summed E-state index contributed by atoms with van der Waals surface area (Å²) in [5.74, 6) is -0.297. The SMILES string of the molecule is C[C@@]1(c2ccccc2Cl)NC(=O)N(Cc2ccccc2)C1=O. The lowest BCUT2D eigenvalue weighted by atomic mass is 9.92. The van der Waals surface area contributed by atoms with Gasteiger partial charge in [0.25, 0.3) is 5.91 Å². The fourth-order valence-corrected chi connectivity index (χ4v) is 2.98. The van der Waals surface area contributed by atoms with E-state index in [9.17, 15) is 9.59 Å². The molecule has 112 valence electrons. The van der Waals surface area contributed by atoms with Gasteiger partial charge in [0.15, 0.2) is 0 Å². The molecular weight excluding hydrogens is 300 g/mol. The lowest BCUT2D eigenvalue weighted by Crippen LogP contribution is -2.41. The molecule has 2 aromatic carbocycles. The lowest BCUT2D eigenvalue weighted by molar-refractivity contribution is -0.131. The lowest BCUT2D eigenvalue weighted by Gasteiger charge is -2.23. The van der Waals surface area contributed by atoms with Gasteiger partial charge in [0.1, 0.15) is 5.54 Å². The number of amides is 3. The van der Waals surface area contributed by atoms with Crippen molar-refractivity contribution in [1.29, 1.82) is 0 Å². The van der Waals surface area contributed by atoms with Gasteiger partial charge < -0.3 is 5.32 Å². The first kappa shape index (κ1) is 14.6. The number of halogens is 1. The zero-order valence-corrected chi connectivity index (χ0v) is 12.8. The molecule has 0 spiro atoms. The number of nitrogens with one attached hydrogen (secondary N) is 1. The van der Waals surface area contributed by atoms with E-state index in [1.165, 1.54) is 4.90 Å². The number of imide groups is 1. The number of urea groups is 1. The molecule has 3 amide bonds. The molecule has 0 aliphatic carbocycles. The van der Waals surface area contributed by atoms with Crippen molar-refractivity contribution in [3.05, 3.63) is 70.7 Å². The number of carbonyl (C=O) groups excluding carboxylic acids is 2. The number of nitrogens with zero attached hydrogens (tertiary/aromatic N) is 1. The number of benzene rings is 2. The summed E-state index contributed by atoms with van der Waals surface area (Å²) in [6.45, 7) is 1.92. The second-order valence-corrected chi connectivity index (χ2v) is 5.82. The zero-order valence-electron chi connectivity index (χ0n) is 12.0.